The second-order valence-electron chi connectivity index (χ2n) is 4.73. The molecule has 0 radical (unpaired) electrons. The molecule has 0 aliphatic heterocycles. The first kappa shape index (κ1) is 19.1. The van der Waals surface area contributed by atoms with Gasteiger partial charge in [-0.2, -0.15) is 0 Å². The van der Waals surface area contributed by atoms with Gasteiger partial charge in [-0.05, 0) is 34.5 Å². The molecule has 2 aromatic rings. The average molecular weight is 434 g/mol. The molecule has 0 saturated heterocycles. The molecule has 130 valence electrons. The number of primary sulfonamides is 1. The first-order valence-corrected chi connectivity index (χ1v) is 10.1. The standard InChI is InChI=1S/C13H16BrN5O3S2/c1-2-9(7-20)23-12-10(14)6-17-13(19-12)18-8-3-4-11(16-5-8)24(15,21)22/h3-6,9,20H,2,7H2,1H3,(H2,15,21,22)(H,17,18,19). The summed E-state index contributed by atoms with van der Waals surface area (Å²) in [7, 11) is -3.83. The highest BCUT2D eigenvalue weighted by Crippen LogP contribution is 2.30. The van der Waals surface area contributed by atoms with Crippen LogP contribution in [0.15, 0.2) is 39.1 Å². The number of sulfonamides is 1. The van der Waals surface area contributed by atoms with Gasteiger partial charge in [0.15, 0.2) is 5.03 Å². The van der Waals surface area contributed by atoms with Crippen molar-refractivity contribution in [3.05, 3.63) is 29.0 Å². The molecule has 2 aromatic heterocycles. The molecule has 2 rings (SSSR count). The highest BCUT2D eigenvalue weighted by molar-refractivity contribution is 9.10. The predicted octanol–water partition coefficient (Wildman–Crippen LogP) is 1.89. The lowest BCUT2D eigenvalue weighted by Gasteiger charge is -2.12. The SMILES string of the molecule is CCC(CO)Sc1nc(Nc2ccc(S(N)(=O)=O)nc2)ncc1Br. The van der Waals surface area contributed by atoms with Gasteiger partial charge >= 0.3 is 0 Å². The van der Waals surface area contributed by atoms with Crippen LogP contribution < -0.4 is 10.5 Å². The summed E-state index contributed by atoms with van der Waals surface area (Å²) < 4.78 is 23.1. The van der Waals surface area contributed by atoms with E-state index in [0.29, 0.717) is 16.7 Å². The van der Waals surface area contributed by atoms with Gasteiger partial charge in [0, 0.05) is 11.4 Å². The maximum Gasteiger partial charge on any atom is 0.255 e. The third-order valence-electron chi connectivity index (χ3n) is 2.93. The second-order valence-corrected chi connectivity index (χ2v) is 8.38. The second kappa shape index (κ2) is 8.21. The van der Waals surface area contributed by atoms with Gasteiger partial charge in [-0.1, -0.05) is 18.7 Å². The van der Waals surface area contributed by atoms with Crippen LogP contribution in [0.25, 0.3) is 0 Å². The molecule has 1 atom stereocenters. The number of aromatic nitrogens is 3. The largest absolute Gasteiger partial charge is 0.395 e. The topological polar surface area (TPSA) is 131 Å². The molecule has 24 heavy (non-hydrogen) atoms. The summed E-state index contributed by atoms with van der Waals surface area (Å²) in [5, 5.41) is 17.8. The van der Waals surface area contributed by atoms with Gasteiger partial charge in [0.05, 0.1) is 23.0 Å². The lowest BCUT2D eigenvalue weighted by Crippen LogP contribution is -2.13. The molecular weight excluding hydrogens is 418 g/mol. The van der Waals surface area contributed by atoms with Gasteiger partial charge in [-0.25, -0.2) is 28.5 Å². The maximum absolute atomic E-state index is 11.2. The first-order chi connectivity index (χ1) is 11.3. The highest BCUT2D eigenvalue weighted by Gasteiger charge is 2.13. The fraction of sp³-hybridized carbons (Fsp3) is 0.308. The Hall–Kier alpha value is -1.27. The van der Waals surface area contributed by atoms with Crippen molar-refractivity contribution in [2.45, 2.75) is 28.6 Å². The molecule has 2 heterocycles. The number of rotatable bonds is 7. The number of halogens is 1. The van der Waals surface area contributed by atoms with Crippen LogP contribution >= 0.6 is 27.7 Å². The zero-order valence-corrected chi connectivity index (χ0v) is 15.9. The smallest absolute Gasteiger partial charge is 0.255 e. The van der Waals surface area contributed by atoms with Gasteiger partial charge in [-0.3, -0.25) is 0 Å². The Morgan fingerprint density at radius 1 is 1.38 bits per heavy atom. The summed E-state index contributed by atoms with van der Waals surface area (Å²) in [6.45, 7) is 2.04. The van der Waals surface area contributed by atoms with Crippen molar-refractivity contribution in [2.75, 3.05) is 11.9 Å². The zero-order valence-electron chi connectivity index (χ0n) is 12.7. The molecule has 11 heteroatoms. The van der Waals surface area contributed by atoms with Gasteiger partial charge < -0.3 is 10.4 Å². The fourth-order valence-electron chi connectivity index (χ4n) is 1.65. The molecule has 0 aliphatic rings. The minimum Gasteiger partial charge on any atom is -0.395 e. The molecule has 0 bridgehead atoms. The Morgan fingerprint density at radius 2 is 2.12 bits per heavy atom. The summed E-state index contributed by atoms with van der Waals surface area (Å²) >= 11 is 4.83. The molecule has 1 unspecified atom stereocenters. The fourth-order valence-corrected chi connectivity index (χ4v) is 3.44. The third-order valence-corrected chi connectivity index (χ3v) is 5.95. The van der Waals surface area contributed by atoms with Gasteiger partial charge in [0.1, 0.15) is 5.03 Å². The number of thioether (sulfide) groups is 1. The number of nitrogens with two attached hydrogens (primary N) is 1. The molecule has 0 saturated carbocycles. The molecular formula is C13H16BrN5O3S2. The van der Waals surface area contributed by atoms with Crippen LogP contribution in [0.3, 0.4) is 0 Å². The van der Waals surface area contributed by atoms with Crippen LogP contribution in [0.2, 0.25) is 0 Å². The quantitative estimate of drug-likeness (QED) is 0.445. The minimum absolute atomic E-state index is 0.0414. The Kier molecular flexibility index (Phi) is 6.52. The van der Waals surface area contributed by atoms with E-state index in [1.807, 2.05) is 6.92 Å². The molecule has 0 fully saturated rings. The average Bonchev–Trinajstić information content (AvgIpc) is 2.55. The summed E-state index contributed by atoms with van der Waals surface area (Å²) in [5.41, 5.74) is 0.523. The summed E-state index contributed by atoms with van der Waals surface area (Å²) in [5.74, 6) is 0.332. The van der Waals surface area contributed by atoms with E-state index < -0.39 is 10.0 Å². The normalized spacial score (nSPS) is 12.8. The number of hydrogen-bond donors (Lipinski definition) is 3. The van der Waals surface area contributed by atoms with E-state index in [-0.39, 0.29) is 16.9 Å². The number of hydrogen-bond acceptors (Lipinski definition) is 8. The monoisotopic (exact) mass is 433 g/mol. The number of nitrogens with one attached hydrogen (secondary N) is 1. The lowest BCUT2D eigenvalue weighted by atomic mass is 10.3. The number of nitrogens with zero attached hydrogens (tertiary/aromatic N) is 3. The van der Waals surface area contributed by atoms with Gasteiger partial charge in [-0.15, -0.1) is 0 Å². The van der Waals surface area contributed by atoms with Crippen LogP contribution in [-0.4, -0.2) is 40.3 Å². The Balaban J connectivity index is 2.18. The zero-order chi connectivity index (χ0) is 17.7. The summed E-state index contributed by atoms with van der Waals surface area (Å²) in [6.07, 6.45) is 3.74. The summed E-state index contributed by atoms with van der Waals surface area (Å²) in [6, 6.07) is 2.82. The van der Waals surface area contributed by atoms with Crippen LogP contribution in [0.4, 0.5) is 11.6 Å². The van der Waals surface area contributed by atoms with Gasteiger partial charge in [0.2, 0.25) is 5.95 Å². The summed E-state index contributed by atoms with van der Waals surface area (Å²) in [4.78, 5) is 12.3. The van der Waals surface area contributed by atoms with E-state index in [1.165, 1.54) is 30.1 Å². The maximum atomic E-state index is 11.2. The van der Waals surface area contributed by atoms with Crippen LogP contribution in [0.5, 0.6) is 0 Å². The number of anilines is 2. The number of pyridine rings is 1. The minimum atomic E-state index is -3.83. The van der Waals surface area contributed by atoms with Crippen LogP contribution in [0.1, 0.15) is 13.3 Å². The third kappa shape index (κ3) is 5.11. The van der Waals surface area contributed by atoms with Crippen molar-refractivity contribution in [1.29, 1.82) is 0 Å². The van der Waals surface area contributed by atoms with E-state index >= 15 is 0 Å². The number of aliphatic hydroxyl groups is 1. The van der Waals surface area contributed by atoms with Crippen molar-refractivity contribution >= 4 is 49.4 Å². The van der Waals surface area contributed by atoms with Crippen LogP contribution in [-0.2, 0) is 10.0 Å². The Bertz CT molecular complexity index is 798. The number of aliphatic hydroxyl groups excluding tert-OH is 1. The molecule has 8 nitrogen and oxygen atoms in total. The Morgan fingerprint density at radius 3 is 2.67 bits per heavy atom. The Labute approximate surface area is 152 Å². The predicted molar refractivity (Wildman–Crippen MR) is 95.6 cm³/mol. The molecule has 0 aromatic carbocycles. The first-order valence-electron chi connectivity index (χ1n) is 6.89. The molecule has 0 spiro atoms. The highest BCUT2D eigenvalue weighted by atomic mass is 79.9. The van der Waals surface area contributed by atoms with Crippen LogP contribution in [0, 0.1) is 0 Å². The lowest BCUT2D eigenvalue weighted by molar-refractivity contribution is 0.292. The van der Waals surface area contributed by atoms with Gasteiger partial charge in [0.25, 0.3) is 10.0 Å². The van der Waals surface area contributed by atoms with Crippen molar-refractivity contribution in [3.8, 4) is 0 Å². The molecule has 0 aliphatic carbocycles. The van der Waals surface area contributed by atoms with E-state index in [2.05, 4.69) is 36.2 Å². The van der Waals surface area contributed by atoms with E-state index in [1.54, 1.807) is 6.20 Å². The van der Waals surface area contributed by atoms with Crippen molar-refractivity contribution in [3.63, 3.8) is 0 Å². The van der Waals surface area contributed by atoms with E-state index in [9.17, 15) is 13.5 Å². The molecule has 4 N–H and O–H groups in total. The van der Waals surface area contributed by atoms with Crippen molar-refractivity contribution < 1.29 is 13.5 Å². The molecule has 0 amide bonds. The van der Waals surface area contributed by atoms with E-state index in [0.717, 1.165) is 10.9 Å². The van der Waals surface area contributed by atoms with Crippen molar-refractivity contribution in [1.82, 2.24) is 15.0 Å². The van der Waals surface area contributed by atoms with E-state index in [4.69, 9.17) is 5.14 Å². The van der Waals surface area contributed by atoms with Crippen molar-refractivity contribution in [2.24, 2.45) is 5.14 Å².